The fraction of sp³-hybridized carbons (Fsp3) is 0.857. The molecule has 1 heterocycles. The van der Waals surface area contributed by atoms with Crippen LogP contribution in [0.25, 0.3) is 0 Å². The predicted molar refractivity (Wildman–Crippen MR) is 35.5 cm³/mol. The smallest absolute Gasteiger partial charge is 0.227 e. The number of aliphatic hydroxyl groups excluding tert-OH is 1. The van der Waals surface area contributed by atoms with Gasteiger partial charge in [-0.1, -0.05) is 0 Å². The Kier molecular flexibility index (Phi) is 1.12. The van der Waals surface area contributed by atoms with Crippen molar-refractivity contribution in [2.24, 2.45) is 11.8 Å². The molecule has 1 aliphatic carbocycles. The molecule has 0 aromatic carbocycles. The second-order valence-corrected chi connectivity index (χ2v) is 3.45. The Hall–Kier alpha value is -0.640. The summed E-state index contributed by atoms with van der Waals surface area (Å²) in [6.45, 7) is 1.26. The number of fused-ring (bicyclic) bond motifs is 1. The molecule has 2 rings (SSSR count). The zero-order valence-corrected chi connectivity index (χ0v) is 6.17. The topological polar surface area (TPSA) is 49.3 Å². The Morgan fingerprint density at radius 2 is 2.45 bits per heavy atom. The van der Waals surface area contributed by atoms with E-state index in [1.165, 1.54) is 6.92 Å². The molecule has 3 nitrogen and oxygen atoms in total. The van der Waals surface area contributed by atoms with Gasteiger partial charge < -0.3 is 10.4 Å². The molecule has 1 amide bonds. The maximum atomic E-state index is 13.2. The predicted octanol–water partition coefficient (Wildman–Crippen LogP) is -0.549. The number of hydrogen-bond acceptors (Lipinski definition) is 2. The molecule has 0 aromatic rings. The highest BCUT2D eigenvalue weighted by Crippen LogP contribution is 2.58. The van der Waals surface area contributed by atoms with E-state index in [1.54, 1.807) is 0 Å². The molecule has 2 N–H and O–H groups in total. The van der Waals surface area contributed by atoms with Crippen molar-refractivity contribution in [2.75, 3.05) is 6.61 Å². The second kappa shape index (κ2) is 1.75. The summed E-state index contributed by atoms with van der Waals surface area (Å²) in [4.78, 5) is 10.9. The summed E-state index contributed by atoms with van der Waals surface area (Å²) in [5, 5.41) is 11.3. The van der Waals surface area contributed by atoms with Crippen LogP contribution in [-0.2, 0) is 4.79 Å². The van der Waals surface area contributed by atoms with E-state index in [0.29, 0.717) is 0 Å². The second-order valence-electron chi connectivity index (χ2n) is 3.45. The zero-order chi connectivity index (χ0) is 8.22. The standard InChI is InChI=1S/C7H10FNO2/c1-7(8)4-3(2-10)9-6(11)5(4)7/h3-5,10H,2H2,1H3,(H,9,11). The third-order valence-electron chi connectivity index (χ3n) is 2.75. The highest BCUT2D eigenvalue weighted by Gasteiger charge is 2.73. The van der Waals surface area contributed by atoms with Crippen LogP contribution in [0, 0.1) is 11.8 Å². The van der Waals surface area contributed by atoms with E-state index in [9.17, 15) is 9.18 Å². The van der Waals surface area contributed by atoms with Gasteiger partial charge in [0.25, 0.3) is 0 Å². The number of hydrogen-bond donors (Lipinski definition) is 2. The number of amides is 1. The lowest BCUT2D eigenvalue weighted by Crippen LogP contribution is -2.38. The fourth-order valence-electron chi connectivity index (χ4n) is 2.08. The molecule has 0 aromatic heterocycles. The molecule has 0 radical (unpaired) electrons. The minimum absolute atomic E-state index is 0.160. The van der Waals surface area contributed by atoms with Crippen LogP contribution in [0.15, 0.2) is 0 Å². The van der Waals surface area contributed by atoms with Gasteiger partial charge in [-0.2, -0.15) is 0 Å². The number of carbonyl (C=O) groups is 1. The number of alkyl halides is 1. The average Bonchev–Trinajstić information content (AvgIpc) is 2.37. The van der Waals surface area contributed by atoms with E-state index < -0.39 is 11.6 Å². The maximum Gasteiger partial charge on any atom is 0.227 e. The van der Waals surface area contributed by atoms with Crippen LogP contribution >= 0.6 is 0 Å². The van der Waals surface area contributed by atoms with Gasteiger partial charge in [-0.3, -0.25) is 4.79 Å². The van der Waals surface area contributed by atoms with E-state index in [2.05, 4.69) is 5.32 Å². The summed E-state index contributed by atoms with van der Waals surface area (Å²) in [6, 6.07) is -0.359. The van der Waals surface area contributed by atoms with Gasteiger partial charge in [0.15, 0.2) is 0 Å². The quantitative estimate of drug-likeness (QED) is 0.539. The monoisotopic (exact) mass is 159 g/mol. The van der Waals surface area contributed by atoms with Crippen molar-refractivity contribution in [3.05, 3.63) is 0 Å². The third kappa shape index (κ3) is 0.677. The van der Waals surface area contributed by atoms with Crippen LogP contribution in [0.1, 0.15) is 6.92 Å². The van der Waals surface area contributed by atoms with Crippen LogP contribution in [0.3, 0.4) is 0 Å². The van der Waals surface area contributed by atoms with Crippen LogP contribution in [0.2, 0.25) is 0 Å². The Labute approximate surface area is 63.6 Å². The molecule has 11 heavy (non-hydrogen) atoms. The molecule has 4 unspecified atom stereocenters. The summed E-state index contributed by atoms with van der Waals surface area (Å²) in [5.74, 6) is -1.04. The highest BCUT2D eigenvalue weighted by atomic mass is 19.1. The zero-order valence-electron chi connectivity index (χ0n) is 6.17. The Balaban J connectivity index is 2.19. The normalized spacial score (nSPS) is 53.7. The summed E-state index contributed by atoms with van der Waals surface area (Å²) in [5.41, 5.74) is -1.37. The third-order valence-corrected chi connectivity index (χ3v) is 2.75. The van der Waals surface area contributed by atoms with Gasteiger partial charge in [-0.05, 0) is 6.92 Å². The largest absolute Gasteiger partial charge is 0.394 e. The van der Waals surface area contributed by atoms with E-state index in [-0.39, 0.29) is 24.5 Å². The van der Waals surface area contributed by atoms with Gasteiger partial charge in [-0.25, -0.2) is 4.39 Å². The van der Waals surface area contributed by atoms with Gasteiger partial charge in [0, 0.05) is 5.92 Å². The minimum Gasteiger partial charge on any atom is -0.394 e. The van der Waals surface area contributed by atoms with Crippen molar-refractivity contribution in [1.29, 1.82) is 0 Å². The number of aliphatic hydroxyl groups is 1. The van der Waals surface area contributed by atoms with Crippen LogP contribution < -0.4 is 5.32 Å². The summed E-state index contributed by atoms with van der Waals surface area (Å²) >= 11 is 0. The number of nitrogens with one attached hydrogen (secondary N) is 1. The van der Waals surface area contributed by atoms with Gasteiger partial charge in [-0.15, -0.1) is 0 Å². The first-order chi connectivity index (χ1) is 5.09. The highest BCUT2D eigenvalue weighted by molar-refractivity contribution is 5.87. The van der Waals surface area contributed by atoms with Gasteiger partial charge in [0.2, 0.25) is 5.91 Å². The van der Waals surface area contributed by atoms with Crippen LogP contribution in [-0.4, -0.2) is 29.3 Å². The summed E-state index contributed by atoms with van der Waals surface area (Å²) in [6.07, 6.45) is 0. The molecule has 1 saturated heterocycles. The van der Waals surface area contributed by atoms with Gasteiger partial charge in [0.05, 0.1) is 18.6 Å². The summed E-state index contributed by atoms with van der Waals surface area (Å²) < 4.78 is 13.2. The van der Waals surface area contributed by atoms with E-state index in [0.717, 1.165) is 0 Å². The van der Waals surface area contributed by atoms with Crippen molar-refractivity contribution in [3.63, 3.8) is 0 Å². The fourth-order valence-corrected chi connectivity index (χ4v) is 2.08. The van der Waals surface area contributed by atoms with Gasteiger partial charge in [0.1, 0.15) is 5.67 Å². The molecule has 4 atom stereocenters. The molecule has 2 aliphatic rings. The lowest BCUT2D eigenvalue weighted by atomic mass is 10.2. The summed E-state index contributed by atoms with van der Waals surface area (Å²) in [7, 11) is 0. The number of piperidine rings is 1. The van der Waals surface area contributed by atoms with E-state index >= 15 is 0 Å². The SMILES string of the molecule is CC1(F)C2C(=O)NC(CO)C21. The molecule has 4 heteroatoms. The lowest BCUT2D eigenvalue weighted by Gasteiger charge is -2.13. The first-order valence-electron chi connectivity index (χ1n) is 3.69. The minimum atomic E-state index is -1.37. The number of halogens is 1. The van der Waals surface area contributed by atoms with Crippen molar-refractivity contribution in [1.82, 2.24) is 5.32 Å². The Bertz CT molecular complexity index is 216. The molecule has 0 bridgehead atoms. The van der Waals surface area contributed by atoms with Gasteiger partial charge >= 0.3 is 0 Å². The van der Waals surface area contributed by atoms with Crippen LogP contribution in [0.5, 0.6) is 0 Å². The van der Waals surface area contributed by atoms with Crippen molar-refractivity contribution in [2.45, 2.75) is 18.6 Å². The molecular weight excluding hydrogens is 149 g/mol. The molecule has 2 fully saturated rings. The number of rotatable bonds is 1. The first kappa shape index (κ1) is 7.03. The molecule has 62 valence electrons. The molecular formula is C7H10FNO2. The average molecular weight is 159 g/mol. The Morgan fingerprint density at radius 1 is 1.82 bits per heavy atom. The lowest BCUT2D eigenvalue weighted by molar-refractivity contribution is -0.122. The maximum absolute atomic E-state index is 13.2. The van der Waals surface area contributed by atoms with E-state index in [1.807, 2.05) is 0 Å². The van der Waals surface area contributed by atoms with Crippen molar-refractivity contribution in [3.8, 4) is 0 Å². The Morgan fingerprint density at radius 3 is 2.73 bits per heavy atom. The molecule has 0 spiro atoms. The first-order valence-corrected chi connectivity index (χ1v) is 3.69. The van der Waals surface area contributed by atoms with Crippen LogP contribution in [0.4, 0.5) is 4.39 Å². The van der Waals surface area contributed by atoms with Crippen molar-refractivity contribution >= 4 is 5.91 Å². The molecule has 1 aliphatic heterocycles. The van der Waals surface area contributed by atoms with E-state index in [4.69, 9.17) is 5.11 Å². The number of carbonyl (C=O) groups excluding carboxylic acids is 1. The van der Waals surface area contributed by atoms with Crippen molar-refractivity contribution < 1.29 is 14.3 Å². The molecule has 1 saturated carbocycles.